The topological polar surface area (TPSA) is 78.9 Å². The van der Waals surface area contributed by atoms with Gasteiger partial charge in [0.1, 0.15) is 13.2 Å². The fourth-order valence-electron chi connectivity index (χ4n) is 8.75. The molecule has 0 unspecified atom stereocenters. The molecule has 0 rings (SSSR count). The minimum absolute atomic E-state index is 0.0620. The molecule has 0 spiro atoms. The Hall–Kier alpha value is -1.59. The molecule has 63 heavy (non-hydrogen) atoms. The van der Waals surface area contributed by atoms with Crippen LogP contribution >= 0.6 is 0 Å². The van der Waals surface area contributed by atoms with Gasteiger partial charge in [0.15, 0.2) is 6.10 Å². The van der Waals surface area contributed by atoms with E-state index in [0.29, 0.717) is 19.3 Å². The van der Waals surface area contributed by atoms with Gasteiger partial charge in [0.05, 0.1) is 0 Å². The lowest BCUT2D eigenvalue weighted by atomic mass is 10.0. The minimum atomic E-state index is -0.761. The van der Waals surface area contributed by atoms with Crippen LogP contribution in [0.25, 0.3) is 0 Å². The summed E-state index contributed by atoms with van der Waals surface area (Å²) in [6.07, 6.45) is 55.2. The smallest absolute Gasteiger partial charge is 0.306 e. The number of rotatable bonds is 52. The van der Waals surface area contributed by atoms with E-state index in [0.717, 1.165) is 63.7 Å². The molecule has 0 amide bonds. The van der Waals surface area contributed by atoms with Gasteiger partial charge in [-0.05, 0) is 25.2 Å². The number of unbranched alkanes of at least 4 members (excludes halogenated alkanes) is 39. The highest BCUT2D eigenvalue weighted by molar-refractivity contribution is 5.71. The van der Waals surface area contributed by atoms with Crippen molar-refractivity contribution in [2.45, 2.75) is 329 Å². The molecule has 0 aliphatic rings. The van der Waals surface area contributed by atoms with Crippen LogP contribution < -0.4 is 0 Å². The zero-order valence-electron chi connectivity index (χ0n) is 43.0. The average molecular weight is 892 g/mol. The monoisotopic (exact) mass is 891 g/mol. The summed E-state index contributed by atoms with van der Waals surface area (Å²) in [6, 6.07) is 0. The SMILES string of the molecule is CCCCCCCCCCCCCCCCCCCCC(=O)OC[C@H](COC(=O)CCCCCCCCCCCCC)OC(=O)CCCCCCCCCCCCCCCC(C)C. The normalized spacial score (nSPS) is 12.0. The summed E-state index contributed by atoms with van der Waals surface area (Å²) >= 11 is 0. The third kappa shape index (κ3) is 51.3. The molecular formula is C57H110O6. The molecule has 0 radical (unpaired) electrons. The predicted molar refractivity (Wildman–Crippen MR) is 270 cm³/mol. The highest BCUT2D eigenvalue weighted by Gasteiger charge is 2.19. The number of ether oxygens (including phenoxy) is 3. The quantitative estimate of drug-likeness (QED) is 0.0344. The first-order valence-electron chi connectivity index (χ1n) is 28.4. The van der Waals surface area contributed by atoms with Gasteiger partial charge in [-0.3, -0.25) is 14.4 Å². The number of esters is 3. The lowest BCUT2D eigenvalue weighted by molar-refractivity contribution is -0.167. The molecule has 0 heterocycles. The zero-order chi connectivity index (χ0) is 45.9. The molecule has 0 saturated carbocycles. The van der Waals surface area contributed by atoms with Crippen molar-refractivity contribution < 1.29 is 28.6 Å². The third-order valence-corrected chi connectivity index (χ3v) is 13.0. The summed E-state index contributed by atoms with van der Waals surface area (Å²) in [5.74, 6) is 0.000166. The van der Waals surface area contributed by atoms with Crippen LogP contribution in [0.1, 0.15) is 323 Å². The van der Waals surface area contributed by atoms with Gasteiger partial charge in [0, 0.05) is 19.3 Å². The first-order chi connectivity index (χ1) is 30.9. The van der Waals surface area contributed by atoms with Gasteiger partial charge in [-0.1, -0.05) is 285 Å². The first-order valence-corrected chi connectivity index (χ1v) is 28.4. The van der Waals surface area contributed by atoms with Crippen LogP contribution in [0.15, 0.2) is 0 Å². The molecule has 0 saturated heterocycles. The van der Waals surface area contributed by atoms with E-state index in [1.165, 1.54) is 218 Å². The summed E-state index contributed by atoms with van der Waals surface area (Å²) in [4.78, 5) is 38.1. The molecule has 0 fully saturated rings. The molecule has 0 aromatic heterocycles. The van der Waals surface area contributed by atoms with Gasteiger partial charge >= 0.3 is 17.9 Å². The van der Waals surface area contributed by atoms with Crippen molar-refractivity contribution in [2.75, 3.05) is 13.2 Å². The fourth-order valence-corrected chi connectivity index (χ4v) is 8.75. The van der Waals surface area contributed by atoms with E-state index in [1.807, 2.05) is 0 Å². The minimum Gasteiger partial charge on any atom is -0.462 e. The highest BCUT2D eigenvalue weighted by atomic mass is 16.6. The van der Waals surface area contributed by atoms with Gasteiger partial charge in [0.2, 0.25) is 0 Å². The molecule has 1 atom stereocenters. The Bertz CT molecular complexity index is 949. The van der Waals surface area contributed by atoms with E-state index < -0.39 is 6.10 Å². The van der Waals surface area contributed by atoms with Crippen molar-refractivity contribution >= 4 is 17.9 Å². The number of hydrogen-bond acceptors (Lipinski definition) is 6. The summed E-state index contributed by atoms with van der Waals surface area (Å²) in [5.41, 5.74) is 0. The molecule has 0 aromatic carbocycles. The molecule has 0 N–H and O–H groups in total. The van der Waals surface area contributed by atoms with Crippen LogP contribution in [-0.2, 0) is 28.6 Å². The lowest BCUT2D eigenvalue weighted by Crippen LogP contribution is -2.30. The largest absolute Gasteiger partial charge is 0.462 e. The fraction of sp³-hybridized carbons (Fsp3) is 0.947. The lowest BCUT2D eigenvalue weighted by Gasteiger charge is -2.18. The Morgan fingerprint density at radius 1 is 0.302 bits per heavy atom. The Morgan fingerprint density at radius 2 is 0.524 bits per heavy atom. The second-order valence-corrected chi connectivity index (χ2v) is 20.1. The van der Waals surface area contributed by atoms with Gasteiger partial charge in [-0.2, -0.15) is 0 Å². The van der Waals surface area contributed by atoms with Crippen molar-refractivity contribution in [2.24, 2.45) is 5.92 Å². The van der Waals surface area contributed by atoms with Gasteiger partial charge in [0.25, 0.3) is 0 Å². The maximum Gasteiger partial charge on any atom is 0.306 e. The molecule has 0 bridgehead atoms. The van der Waals surface area contributed by atoms with E-state index in [-0.39, 0.29) is 31.1 Å². The molecule has 6 nitrogen and oxygen atoms in total. The maximum absolute atomic E-state index is 12.8. The van der Waals surface area contributed by atoms with Crippen molar-refractivity contribution in [3.8, 4) is 0 Å². The van der Waals surface area contributed by atoms with E-state index in [1.54, 1.807) is 0 Å². The standard InChI is InChI=1S/C57H110O6/c1-5-7-9-11-13-15-17-18-19-20-21-22-25-29-33-37-41-45-49-56(59)62-52-54(51-61-55(58)48-44-40-36-32-27-16-14-12-10-8-6-2)63-57(60)50-46-42-38-34-30-26-23-24-28-31-35-39-43-47-53(3)4/h53-54H,5-52H2,1-4H3/t54-/m0/s1. The zero-order valence-corrected chi connectivity index (χ0v) is 43.0. The summed E-state index contributed by atoms with van der Waals surface area (Å²) < 4.78 is 16.9. The molecule has 0 aliphatic heterocycles. The van der Waals surface area contributed by atoms with Crippen molar-refractivity contribution in [3.63, 3.8) is 0 Å². The highest BCUT2D eigenvalue weighted by Crippen LogP contribution is 2.18. The summed E-state index contributed by atoms with van der Waals surface area (Å²) in [5, 5.41) is 0. The maximum atomic E-state index is 12.8. The Kier molecular flexibility index (Phi) is 50.1. The van der Waals surface area contributed by atoms with Crippen LogP contribution in [-0.4, -0.2) is 37.2 Å². The van der Waals surface area contributed by atoms with Crippen LogP contribution in [0, 0.1) is 5.92 Å². The second-order valence-electron chi connectivity index (χ2n) is 20.1. The van der Waals surface area contributed by atoms with Crippen molar-refractivity contribution in [1.82, 2.24) is 0 Å². The number of hydrogen-bond donors (Lipinski definition) is 0. The van der Waals surface area contributed by atoms with Crippen LogP contribution in [0.2, 0.25) is 0 Å². The molecule has 0 aliphatic carbocycles. The second kappa shape index (κ2) is 51.4. The van der Waals surface area contributed by atoms with Crippen LogP contribution in [0.4, 0.5) is 0 Å². The van der Waals surface area contributed by atoms with E-state index >= 15 is 0 Å². The van der Waals surface area contributed by atoms with Crippen LogP contribution in [0.3, 0.4) is 0 Å². The summed E-state index contributed by atoms with van der Waals surface area (Å²) in [7, 11) is 0. The van der Waals surface area contributed by atoms with Crippen molar-refractivity contribution in [1.29, 1.82) is 0 Å². The van der Waals surface area contributed by atoms with Gasteiger partial charge < -0.3 is 14.2 Å². The van der Waals surface area contributed by atoms with E-state index in [2.05, 4.69) is 27.7 Å². The third-order valence-electron chi connectivity index (χ3n) is 13.0. The molecular weight excluding hydrogens is 781 g/mol. The Balaban J connectivity index is 4.26. The molecule has 374 valence electrons. The molecule has 0 aromatic rings. The molecule has 6 heteroatoms. The Labute approximate surface area is 393 Å². The predicted octanol–water partition coefficient (Wildman–Crippen LogP) is 18.6. The number of carbonyl (C=O) groups excluding carboxylic acids is 3. The van der Waals surface area contributed by atoms with Crippen LogP contribution in [0.5, 0.6) is 0 Å². The summed E-state index contributed by atoms with van der Waals surface area (Å²) in [6.45, 7) is 9.05. The van der Waals surface area contributed by atoms with Crippen molar-refractivity contribution in [3.05, 3.63) is 0 Å². The van der Waals surface area contributed by atoms with Gasteiger partial charge in [-0.25, -0.2) is 0 Å². The average Bonchev–Trinajstić information content (AvgIpc) is 3.27. The number of carbonyl (C=O) groups is 3. The Morgan fingerprint density at radius 3 is 0.778 bits per heavy atom. The van der Waals surface area contributed by atoms with Gasteiger partial charge in [-0.15, -0.1) is 0 Å². The van der Waals surface area contributed by atoms with E-state index in [4.69, 9.17) is 14.2 Å². The van der Waals surface area contributed by atoms with E-state index in [9.17, 15) is 14.4 Å². The first kappa shape index (κ1) is 61.4.